The fourth-order valence-corrected chi connectivity index (χ4v) is 3.16. The van der Waals surface area contributed by atoms with Crippen molar-refractivity contribution >= 4 is 25.8 Å². The molecule has 3 nitrogen and oxygen atoms in total. The zero-order chi connectivity index (χ0) is 11.6. The summed E-state index contributed by atoms with van der Waals surface area (Å²) in [5.74, 6) is 0. The molecule has 0 heterocycles. The Kier molecular flexibility index (Phi) is 3.86. The standard InChI is InChI=1S/C9H11BrFNO2S/c1-15(13,14)9-3-2-6(4-7(9)10)8(11)5-12/h2-4,8H,5,12H2,1H3. The zero-order valence-electron chi connectivity index (χ0n) is 8.07. The second-order valence-electron chi connectivity index (χ2n) is 3.17. The summed E-state index contributed by atoms with van der Waals surface area (Å²) in [4.78, 5) is 0.149. The molecule has 0 fully saturated rings. The van der Waals surface area contributed by atoms with Crippen LogP contribution < -0.4 is 5.73 Å². The first-order chi connectivity index (χ1) is 6.86. The molecular weight excluding hydrogens is 285 g/mol. The summed E-state index contributed by atoms with van der Waals surface area (Å²) in [6.07, 6.45) is -0.169. The number of sulfone groups is 1. The molecule has 1 rings (SSSR count). The quantitative estimate of drug-likeness (QED) is 0.925. The first kappa shape index (κ1) is 12.6. The van der Waals surface area contributed by atoms with E-state index in [4.69, 9.17) is 5.73 Å². The van der Waals surface area contributed by atoms with Gasteiger partial charge in [0, 0.05) is 17.3 Å². The Morgan fingerprint density at radius 1 is 1.53 bits per heavy atom. The molecule has 0 spiro atoms. The number of rotatable bonds is 3. The lowest BCUT2D eigenvalue weighted by molar-refractivity contribution is 0.352. The maximum absolute atomic E-state index is 13.2. The van der Waals surface area contributed by atoms with Gasteiger partial charge >= 0.3 is 0 Å². The topological polar surface area (TPSA) is 60.2 Å². The van der Waals surface area contributed by atoms with E-state index in [2.05, 4.69) is 15.9 Å². The Balaban J connectivity index is 3.21. The molecule has 0 aromatic heterocycles. The second-order valence-corrected chi connectivity index (χ2v) is 6.00. The number of halogens is 2. The van der Waals surface area contributed by atoms with Gasteiger partial charge in [-0.25, -0.2) is 12.8 Å². The van der Waals surface area contributed by atoms with Crippen LogP contribution in [0.3, 0.4) is 0 Å². The molecule has 1 atom stereocenters. The molecule has 0 aliphatic carbocycles. The van der Waals surface area contributed by atoms with Gasteiger partial charge < -0.3 is 5.73 Å². The van der Waals surface area contributed by atoms with E-state index in [1.54, 1.807) is 0 Å². The lowest BCUT2D eigenvalue weighted by Crippen LogP contribution is -2.08. The number of nitrogens with two attached hydrogens (primary N) is 1. The van der Waals surface area contributed by atoms with Gasteiger partial charge in [0.2, 0.25) is 0 Å². The summed E-state index contributed by atoms with van der Waals surface area (Å²) in [6, 6.07) is 4.24. The van der Waals surface area contributed by atoms with Crippen LogP contribution in [0, 0.1) is 0 Å². The van der Waals surface area contributed by atoms with Gasteiger partial charge in [0.05, 0.1) is 4.90 Å². The van der Waals surface area contributed by atoms with Crippen LogP contribution in [-0.4, -0.2) is 21.2 Å². The van der Waals surface area contributed by atoms with E-state index in [1.807, 2.05) is 0 Å². The zero-order valence-corrected chi connectivity index (χ0v) is 10.5. The summed E-state index contributed by atoms with van der Waals surface area (Å²) < 4.78 is 36.0. The highest BCUT2D eigenvalue weighted by atomic mass is 79.9. The smallest absolute Gasteiger partial charge is 0.176 e. The Morgan fingerprint density at radius 2 is 2.13 bits per heavy atom. The minimum atomic E-state index is -3.28. The van der Waals surface area contributed by atoms with Crippen molar-refractivity contribution < 1.29 is 12.8 Å². The highest BCUT2D eigenvalue weighted by Gasteiger charge is 2.14. The third kappa shape index (κ3) is 2.99. The molecule has 0 aliphatic rings. The van der Waals surface area contributed by atoms with Crippen molar-refractivity contribution in [2.45, 2.75) is 11.1 Å². The van der Waals surface area contributed by atoms with Crippen LogP contribution in [0.4, 0.5) is 4.39 Å². The molecule has 0 bridgehead atoms. The predicted molar refractivity (Wildman–Crippen MR) is 60.2 cm³/mol. The van der Waals surface area contributed by atoms with Crippen LogP contribution in [0.15, 0.2) is 27.6 Å². The number of hydrogen-bond donors (Lipinski definition) is 1. The largest absolute Gasteiger partial charge is 0.327 e. The molecule has 6 heteroatoms. The highest BCUT2D eigenvalue weighted by molar-refractivity contribution is 9.10. The van der Waals surface area contributed by atoms with Gasteiger partial charge in [-0.1, -0.05) is 6.07 Å². The lowest BCUT2D eigenvalue weighted by atomic mass is 10.1. The molecule has 0 aliphatic heterocycles. The van der Waals surface area contributed by atoms with E-state index in [9.17, 15) is 12.8 Å². The van der Waals surface area contributed by atoms with Crippen LogP contribution >= 0.6 is 15.9 Å². The molecule has 84 valence electrons. The van der Waals surface area contributed by atoms with E-state index < -0.39 is 16.0 Å². The first-order valence-corrected chi connectivity index (χ1v) is 6.88. The first-order valence-electron chi connectivity index (χ1n) is 4.20. The molecular formula is C9H11BrFNO2S. The van der Waals surface area contributed by atoms with Crippen molar-refractivity contribution in [2.24, 2.45) is 5.73 Å². The van der Waals surface area contributed by atoms with Crippen molar-refractivity contribution in [2.75, 3.05) is 12.8 Å². The number of alkyl halides is 1. The molecule has 2 N–H and O–H groups in total. The SMILES string of the molecule is CS(=O)(=O)c1ccc(C(F)CN)cc1Br. The monoisotopic (exact) mass is 295 g/mol. The predicted octanol–water partition coefficient (Wildman–Crippen LogP) is 1.82. The van der Waals surface area contributed by atoms with Crippen LogP contribution in [0.25, 0.3) is 0 Å². The van der Waals surface area contributed by atoms with Gasteiger partial charge in [-0.15, -0.1) is 0 Å². The minimum absolute atomic E-state index is 0.120. The molecule has 1 unspecified atom stereocenters. The van der Waals surface area contributed by atoms with Gasteiger partial charge in [0.25, 0.3) is 0 Å². The van der Waals surface area contributed by atoms with E-state index in [1.165, 1.54) is 18.2 Å². The average Bonchev–Trinajstić information content (AvgIpc) is 2.14. The number of benzene rings is 1. The summed E-state index contributed by atoms with van der Waals surface area (Å²) in [5.41, 5.74) is 5.54. The lowest BCUT2D eigenvalue weighted by Gasteiger charge is -2.08. The van der Waals surface area contributed by atoms with Gasteiger partial charge in [-0.2, -0.15) is 0 Å². The van der Waals surface area contributed by atoms with E-state index >= 15 is 0 Å². The maximum atomic E-state index is 13.2. The third-order valence-corrected chi connectivity index (χ3v) is 4.00. The Morgan fingerprint density at radius 3 is 2.53 bits per heavy atom. The van der Waals surface area contributed by atoms with Crippen molar-refractivity contribution in [3.05, 3.63) is 28.2 Å². The molecule has 0 radical (unpaired) electrons. The highest BCUT2D eigenvalue weighted by Crippen LogP contribution is 2.26. The Bertz CT molecular complexity index is 461. The van der Waals surface area contributed by atoms with Crippen molar-refractivity contribution in [1.29, 1.82) is 0 Å². The van der Waals surface area contributed by atoms with Crippen molar-refractivity contribution in [3.8, 4) is 0 Å². The fraction of sp³-hybridized carbons (Fsp3) is 0.333. The van der Waals surface area contributed by atoms with Gasteiger partial charge in [0.15, 0.2) is 9.84 Å². The Hall–Kier alpha value is -0.460. The van der Waals surface area contributed by atoms with Crippen molar-refractivity contribution in [1.82, 2.24) is 0 Å². The minimum Gasteiger partial charge on any atom is -0.327 e. The third-order valence-electron chi connectivity index (χ3n) is 1.92. The number of hydrogen-bond acceptors (Lipinski definition) is 3. The maximum Gasteiger partial charge on any atom is 0.176 e. The molecule has 15 heavy (non-hydrogen) atoms. The fourth-order valence-electron chi connectivity index (χ4n) is 1.15. The van der Waals surface area contributed by atoms with E-state index in [0.29, 0.717) is 10.0 Å². The molecule has 1 aromatic rings. The average molecular weight is 296 g/mol. The van der Waals surface area contributed by atoms with E-state index in [-0.39, 0.29) is 11.4 Å². The van der Waals surface area contributed by atoms with Crippen LogP contribution in [0.1, 0.15) is 11.7 Å². The molecule has 1 aromatic carbocycles. The van der Waals surface area contributed by atoms with Crippen molar-refractivity contribution in [3.63, 3.8) is 0 Å². The van der Waals surface area contributed by atoms with Crippen LogP contribution in [0.5, 0.6) is 0 Å². The normalized spacial score (nSPS) is 13.9. The summed E-state index contributed by atoms with van der Waals surface area (Å²) in [6.45, 7) is -0.120. The van der Waals surface area contributed by atoms with Gasteiger partial charge in [-0.3, -0.25) is 0 Å². The molecule has 0 saturated carbocycles. The van der Waals surface area contributed by atoms with Gasteiger partial charge in [0.1, 0.15) is 6.17 Å². The van der Waals surface area contributed by atoms with Crippen LogP contribution in [0.2, 0.25) is 0 Å². The Labute approximate surface area is 96.5 Å². The summed E-state index contributed by atoms with van der Waals surface area (Å²) in [5, 5.41) is 0. The second kappa shape index (κ2) is 4.59. The molecule has 0 amide bonds. The molecule has 0 saturated heterocycles. The van der Waals surface area contributed by atoms with E-state index in [0.717, 1.165) is 6.26 Å². The van der Waals surface area contributed by atoms with Gasteiger partial charge in [-0.05, 0) is 33.6 Å². The summed E-state index contributed by atoms with van der Waals surface area (Å²) >= 11 is 3.09. The van der Waals surface area contributed by atoms with Crippen LogP contribution in [-0.2, 0) is 9.84 Å². The summed E-state index contributed by atoms with van der Waals surface area (Å²) in [7, 11) is -3.28.